The molecule has 2 nitrogen and oxygen atoms in total. The van der Waals surface area contributed by atoms with Crippen molar-refractivity contribution in [2.75, 3.05) is 7.11 Å². The highest BCUT2D eigenvalue weighted by Crippen LogP contribution is 2.40. The normalized spacial score (nSPS) is 17.6. The van der Waals surface area contributed by atoms with Crippen LogP contribution in [0.15, 0.2) is 12.1 Å². The molecule has 0 spiro atoms. The van der Waals surface area contributed by atoms with Gasteiger partial charge in [-0.2, -0.15) is 0 Å². The van der Waals surface area contributed by atoms with Gasteiger partial charge >= 0.3 is 0 Å². The van der Waals surface area contributed by atoms with Gasteiger partial charge < -0.3 is 10.5 Å². The average molecular weight is 213 g/mol. The zero-order valence-electron chi connectivity index (χ0n) is 8.47. The highest BCUT2D eigenvalue weighted by molar-refractivity contribution is 5.33. The highest BCUT2D eigenvalue weighted by Gasteiger charge is 2.31. The fraction of sp³-hybridized carbons (Fsp3) is 0.455. The largest absolute Gasteiger partial charge is 0.494 e. The van der Waals surface area contributed by atoms with Crippen LogP contribution in [0.2, 0.25) is 0 Å². The van der Waals surface area contributed by atoms with E-state index in [4.69, 9.17) is 5.73 Å². The van der Waals surface area contributed by atoms with Crippen LogP contribution in [0, 0.1) is 17.6 Å². The Balaban J connectivity index is 2.34. The zero-order chi connectivity index (χ0) is 11.0. The van der Waals surface area contributed by atoms with E-state index in [0.717, 1.165) is 25.0 Å². The van der Waals surface area contributed by atoms with Gasteiger partial charge in [0.25, 0.3) is 0 Å². The molecule has 0 bridgehead atoms. The van der Waals surface area contributed by atoms with E-state index in [9.17, 15) is 8.78 Å². The molecular formula is C11H13F2NO. The van der Waals surface area contributed by atoms with Crippen molar-refractivity contribution >= 4 is 0 Å². The Morgan fingerprint density at radius 1 is 1.33 bits per heavy atom. The van der Waals surface area contributed by atoms with Gasteiger partial charge in [0.05, 0.1) is 7.11 Å². The second-order valence-corrected chi connectivity index (χ2v) is 3.87. The predicted octanol–water partition coefficient (Wildman–Crippen LogP) is 2.38. The maximum atomic E-state index is 13.5. The van der Waals surface area contributed by atoms with E-state index in [2.05, 4.69) is 4.74 Å². The van der Waals surface area contributed by atoms with Crippen molar-refractivity contribution in [3.63, 3.8) is 0 Å². The van der Waals surface area contributed by atoms with Crippen LogP contribution in [-0.4, -0.2) is 7.11 Å². The molecule has 1 aliphatic carbocycles. The number of ether oxygens (including phenoxy) is 1. The number of hydrogen-bond donors (Lipinski definition) is 1. The first-order valence-electron chi connectivity index (χ1n) is 4.92. The molecule has 1 unspecified atom stereocenters. The molecule has 0 aliphatic heterocycles. The summed E-state index contributed by atoms with van der Waals surface area (Å²) < 4.78 is 31.5. The molecule has 1 aliphatic rings. The van der Waals surface area contributed by atoms with Crippen LogP contribution in [0.1, 0.15) is 24.4 Å². The van der Waals surface area contributed by atoms with Crippen molar-refractivity contribution in [1.29, 1.82) is 0 Å². The summed E-state index contributed by atoms with van der Waals surface area (Å²) >= 11 is 0. The van der Waals surface area contributed by atoms with Crippen molar-refractivity contribution in [2.45, 2.75) is 18.9 Å². The number of hydrogen-bond acceptors (Lipinski definition) is 2. The lowest BCUT2D eigenvalue weighted by molar-refractivity contribution is 0.380. The fourth-order valence-corrected chi connectivity index (χ4v) is 1.67. The van der Waals surface area contributed by atoms with Crippen LogP contribution < -0.4 is 10.5 Å². The molecule has 1 fully saturated rings. The van der Waals surface area contributed by atoms with E-state index in [1.807, 2.05) is 0 Å². The third kappa shape index (κ3) is 1.95. The molecule has 2 N–H and O–H groups in total. The first kappa shape index (κ1) is 10.4. The summed E-state index contributed by atoms with van der Waals surface area (Å²) in [5.41, 5.74) is 6.06. The first-order valence-corrected chi connectivity index (χ1v) is 4.92. The van der Waals surface area contributed by atoms with Crippen molar-refractivity contribution < 1.29 is 13.5 Å². The van der Waals surface area contributed by atoms with Crippen LogP contribution in [0.5, 0.6) is 5.75 Å². The van der Waals surface area contributed by atoms with Crippen molar-refractivity contribution in [3.8, 4) is 5.75 Å². The molecule has 82 valence electrons. The van der Waals surface area contributed by atoms with Crippen LogP contribution in [0.4, 0.5) is 8.78 Å². The first-order chi connectivity index (χ1) is 7.13. The fourth-order valence-electron chi connectivity index (χ4n) is 1.67. The third-order valence-corrected chi connectivity index (χ3v) is 2.76. The van der Waals surface area contributed by atoms with Crippen molar-refractivity contribution in [3.05, 3.63) is 29.3 Å². The quantitative estimate of drug-likeness (QED) is 0.836. The predicted molar refractivity (Wildman–Crippen MR) is 52.6 cm³/mol. The van der Waals surface area contributed by atoms with E-state index in [1.54, 1.807) is 0 Å². The Labute approximate surface area is 87.0 Å². The highest BCUT2D eigenvalue weighted by atomic mass is 19.1. The van der Waals surface area contributed by atoms with E-state index >= 15 is 0 Å². The van der Waals surface area contributed by atoms with Gasteiger partial charge in [0.1, 0.15) is 5.82 Å². The molecule has 1 atom stereocenters. The molecule has 1 aromatic rings. The maximum absolute atomic E-state index is 13.5. The number of nitrogens with two attached hydrogens (primary N) is 1. The molecule has 4 heteroatoms. The smallest absolute Gasteiger partial charge is 0.165 e. The summed E-state index contributed by atoms with van der Waals surface area (Å²) in [6.45, 7) is 0. The maximum Gasteiger partial charge on any atom is 0.165 e. The summed E-state index contributed by atoms with van der Waals surface area (Å²) in [4.78, 5) is 0. The Morgan fingerprint density at radius 2 is 2.00 bits per heavy atom. The SMILES string of the molecule is COc1cc(F)c(C(N)C2CC2)cc1F. The lowest BCUT2D eigenvalue weighted by Gasteiger charge is -2.13. The van der Waals surface area contributed by atoms with E-state index in [0.29, 0.717) is 5.92 Å². The minimum absolute atomic E-state index is 0.0840. The van der Waals surface area contributed by atoms with Gasteiger partial charge in [-0.25, -0.2) is 8.78 Å². The Bertz CT molecular complexity index is 377. The van der Waals surface area contributed by atoms with E-state index in [1.165, 1.54) is 7.11 Å². The standard InChI is InChI=1S/C11H13F2NO/c1-15-10-5-8(12)7(4-9(10)13)11(14)6-2-3-6/h4-6,11H,2-3,14H2,1H3. The average Bonchev–Trinajstić information content (AvgIpc) is 3.03. The molecule has 15 heavy (non-hydrogen) atoms. The van der Waals surface area contributed by atoms with Gasteiger partial charge in [-0.3, -0.25) is 0 Å². The summed E-state index contributed by atoms with van der Waals surface area (Å²) in [6, 6.07) is 1.79. The summed E-state index contributed by atoms with van der Waals surface area (Å²) in [5.74, 6) is -0.843. The third-order valence-electron chi connectivity index (χ3n) is 2.76. The monoisotopic (exact) mass is 213 g/mol. The molecule has 1 aromatic carbocycles. The molecular weight excluding hydrogens is 200 g/mol. The van der Waals surface area contributed by atoms with Gasteiger partial charge in [0.15, 0.2) is 11.6 Å². The minimum atomic E-state index is -0.565. The van der Waals surface area contributed by atoms with Crippen molar-refractivity contribution in [1.82, 2.24) is 0 Å². The van der Waals surface area contributed by atoms with Gasteiger partial charge in [-0.05, 0) is 24.8 Å². The Kier molecular flexibility index (Phi) is 2.61. The minimum Gasteiger partial charge on any atom is -0.494 e. The van der Waals surface area contributed by atoms with Gasteiger partial charge in [0.2, 0.25) is 0 Å². The summed E-state index contributed by atoms with van der Waals surface area (Å²) in [6.07, 6.45) is 1.99. The Morgan fingerprint density at radius 3 is 2.53 bits per heavy atom. The van der Waals surface area contributed by atoms with Crippen LogP contribution >= 0.6 is 0 Å². The molecule has 0 heterocycles. The lowest BCUT2D eigenvalue weighted by atomic mass is 10.0. The zero-order valence-corrected chi connectivity index (χ0v) is 8.47. The number of halogens is 2. The van der Waals surface area contributed by atoms with Gasteiger partial charge in [-0.1, -0.05) is 0 Å². The number of rotatable bonds is 3. The molecule has 2 rings (SSSR count). The van der Waals surface area contributed by atoms with Crippen molar-refractivity contribution in [2.24, 2.45) is 11.7 Å². The topological polar surface area (TPSA) is 35.2 Å². The van der Waals surface area contributed by atoms with Crippen LogP contribution in [0.3, 0.4) is 0 Å². The lowest BCUT2D eigenvalue weighted by Crippen LogP contribution is -2.14. The number of benzene rings is 1. The molecule has 0 aromatic heterocycles. The van der Waals surface area contributed by atoms with Crippen LogP contribution in [0.25, 0.3) is 0 Å². The molecule has 1 saturated carbocycles. The second kappa shape index (κ2) is 3.77. The Hall–Kier alpha value is -1.16. The number of methoxy groups -OCH3 is 1. The van der Waals surface area contributed by atoms with Gasteiger partial charge in [-0.15, -0.1) is 0 Å². The summed E-state index contributed by atoms with van der Waals surface area (Å²) in [7, 11) is 1.30. The van der Waals surface area contributed by atoms with E-state index < -0.39 is 17.7 Å². The second-order valence-electron chi connectivity index (χ2n) is 3.87. The molecule has 0 amide bonds. The summed E-state index contributed by atoms with van der Waals surface area (Å²) in [5, 5.41) is 0. The van der Waals surface area contributed by atoms with Crippen LogP contribution in [-0.2, 0) is 0 Å². The molecule has 0 radical (unpaired) electrons. The van der Waals surface area contributed by atoms with E-state index in [-0.39, 0.29) is 11.3 Å². The van der Waals surface area contributed by atoms with Gasteiger partial charge in [0, 0.05) is 17.7 Å². The molecule has 0 saturated heterocycles.